The van der Waals surface area contributed by atoms with Gasteiger partial charge in [0.1, 0.15) is 21.5 Å². The number of nitrogens with one attached hydrogen (secondary N) is 2. The van der Waals surface area contributed by atoms with Crippen molar-refractivity contribution in [2.45, 2.75) is 24.3 Å². The second-order valence-electron chi connectivity index (χ2n) is 6.40. The Morgan fingerprint density at radius 3 is 2.69 bits per heavy atom. The van der Waals surface area contributed by atoms with Gasteiger partial charge in [0.2, 0.25) is 5.96 Å². The molecule has 0 spiro atoms. The van der Waals surface area contributed by atoms with Gasteiger partial charge < -0.3 is 5.32 Å². The fourth-order valence-corrected chi connectivity index (χ4v) is 4.90. The van der Waals surface area contributed by atoms with Gasteiger partial charge in [0, 0.05) is 23.1 Å². The molecule has 10 heteroatoms. The summed E-state index contributed by atoms with van der Waals surface area (Å²) < 4.78 is 56.8. The number of halogens is 2. The first kappa shape index (κ1) is 19.5. The fraction of sp³-hybridized carbons (Fsp3) is 0.158. The van der Waals surface area contributed by atoms with Crippen LogP contribution in [0, 0.1) is 11.6 Å². The Labute approximate surface area is 170 Å². The van der Waals surface area contributed by atoms with Gasteiger partial charge in [-0.25, -0.2) is 31.9 Å². The fourth-order valence-electron chi connectivity index (χ4n) is 3.21. The number of hydrogen-bond donors (Lipinski definition) is 2. The van der Waals surface area contributed by atoms with E-state index in [-0.39, 0.29) is 34.2 Å². The maximum absolute atomic E-state index is 14.8. The number of guanidine groups is 1. The van der Waals surface area contributed by atoms with E-state index in [0.29, 0.717) is 5.01 Å². The number of nitrogens with zero attached hydrogens (tertiary/aromatic N) is 2. The lowest BCUT2D eigenvalue weighted by Crippen LogP contribution is -2.41. The average molecular weight is 434 g/mol. The first-order chi connectivity index (χ1) is 13.9. The first-order valence-corrected chi connectivity index (χ1v) is 11.0. The number of fused-ring (bicyclic) bond motifs is 1. The molecule has 0 amide bonds. The second-order valence-corrected chi connectivity index (χ2v) is 9.03. The molecule has 1 aromatic heterocycles. The highest BCUT2D eigenvalue weighted by Gasteiger charge is 2.32. The van der Waals surface area contributed by atoms with E-state index < -0.39 is 27.6 Å². The summed E-state index contributed by atoms with van der Waals surface area (Å²) in [5.41, 5.74) is 0.371. The van der Waals surface area contributed by atoms with Crippen molar-refractivity contribution in [3.63, 3.8) is 0 Å². The van der Waals surface area contributed by atoms with Crippen molar-refractivity contribution in [1.29, 1.82) is 0 Å². The molecule has 1 unspecified atom stereocenters. The second kappa shape index (κ2) is 7.53. The summed E-state index contributed by atoms with van der Waals surface area (Å²) in [4.78, 5) is 8.18. The van der Waals surface area contributed by atoms with Gasteiger partial charge in [-0.3, -0.25) is 0 Å². The molecule has 2 heterocycles. The first-order valence-electron chi connectivity index (χ1n) is 8.66. The molecule has 0 saturated heterocycles. The van der Waals surface area contributed by atoms with Crippen LogP contribution in [-0.4, -0.2) is 19.4 Å². The van der Waals surface area contributed by atoms with Crippen molar-refractivity contribution in [3.05, 3.63) is 75.7 Å². The van der Waals surface area contributed by atoms with Gasteiger partial charge in [0.25, 0.3) is 10.0 Å². The molecule has 2 aromatic carbocycles. The Kier molecular flexibility index (Phi) is 5.05. The standard InChI is InChI=1S/C19H16F2N4O2S2/c1-11(12-4-2-3-5-13(12)20)17-14(21)6-7-15-18(17)24-19(25-29(15,26)27)23-10-16-22-8-9-28-16/h2-9,11H,10H2,1H3,(H2,23,24,25). The van der Waals surface area contributed by atoms with Gasteiger partial charge in [0.15, 0.2) is 0 Å². The summed E-state index contributed by atoms with van der Waals surface area (Å²) >= 11 is 1.38. The number of benzene rings is 2. The molecule has 29 heavy (non-hydrogen) atoms. The van der Waals surface area contributed by atoms with Crippen molar-refractivity contribution in [3.8, 4) is 0 Å². The van der Waals surface area contributed by atoms with Gasteiger partial charge in [-0.15, -0.1) is 11.3 Å². The number of thiazole rings is 1. The predicted octanol–water partition coefficient (Wildman–Crippen LogP) is 3.83. The summed E-state index contributed by atoms with van der Waals surface area (Å²) in [5, 5.41) is 5.35. The van der Waals surface area contributed by atoms with E-state index in [1.54, 1.807) is 36.7 Å². The SMILES string of the molecule is CC(c1ccccc1F)c1c(F)ccc2c1NC(=NCc1nccs1)NS2(=O)=O. The molecule has 1 aliphatic heterocycles. The van der Waals surface area contributed by atoms with E-state index in [0.717, 1.165) is 6.07 Å². The average Bonchev–Trinajstić information content (AvgIpc) is 3.19. The highest BCUT2D eigenvalue weighted by molar-refractivity contribution is 7.90. The van der Waals surface area contributed by atoms with Crippen LogP contribution in [0.5, 0.6) is 0 Å². The van der Waals surface area contributed by atoms with Gasteiger partial charge in [-0.05, 0) is 23.8 Å². The summed E-state index contributed by atoms with van der Waals surface area (Å²) in [6.45, 7) is 1.78. The van der Waals surface area contributed by atoms with Crippen LogP contribution in [-0.2, 0) is 16.6 Å². The lowest BCUT2D eigenvalue weighted by molar-refractivity contribution is 0.577. The molecule has 3 aromatic rings. The number of sulfonamides is 1. The van der Waals surface area contributed by atoms with Crippen LogP contribution in [0.3, 0.4) is 0 Å². The van der Waals surface area contributed by atoms with E-state index in [1.165, 1.54) is 23.5 Å². The number of aliphatic imine (C=N–C) groups is 1. The molecule has 6 nitrogen and oxygen atoms in total. The van der Waals surface area contributed by atoms with Gasteiger partial charge in [0.05, 0.1) is 12.2 Å². The topological polar surface area (TPSA) is 83.4 Å². The van der Waals surface area contributed by atoms with Crippen LogP contribution in [0.1, 0.15) is 29.0 Å². The van der Waals surface area contributed by atoms with E-state index in [4.69, 9.17) is 0 Å². The minimum Gasteiger partial charge on any atom is -0.324 e. The molecule has 150 valence electrons. The van der Waals surface area contributed by atoms with Crippen molar-refractivity contribution in [2.75, 3.05) is 5.32 Å². The third-order valence-corrected chi connectivity index (χ3v) is 6.72. The Balaban J connectivity index is 1.80. The highest BCUT2D eigenvalue weighted by Crippen LogP contribution is 2.38. The minimum atomic E-state index is -3.97. The molecular weight excluding hydrogens is 418 g/mol. The molecule has 0 fully saturated rings. The normalized spacial score (nSPS) is 17.3. The molecule has 0 radical (unpaired) electrons. The highest BCUT2D eigenvalue weighted by atomic mass is 32.2. The zero-order valence-corrected chi connectivity index (χ0v) is 16.8. The summed E-state index contributed by atoms with van der Waals surface area (Å²) in [7, 11) is -3.97. The maximum Gasteiger partial charge on any atom is 0.266 e. The van der Waals surface area contributed by atoms with Crippen LogP contribution in [0.4, 0.5) is 14.5 Å². The Morgan fingerprint density at radius 1 is 1.17 bits per heavy atom. The lowest BCUT2D eigenvalue weighted by atomic mass is 9.91. The summed E-state index contributed by atoms with van der Waals surface area (Å²) in [6.07, 6.45) is 1.62. The predicted molar refractivity (Wildman–Crippen MR) is 108 cm³/mol. The molecule has 1 aliphatic rings. The quantitative estimate of drug-likeness (QED) is 0.654. The number of aromatic nitrogens is 1. The van der Waals surface area contributed by atoms with Gasteiger partial charge >= 0.3 is 0 Å². The Hall–Kier alpha value is -2.85. The summed E-state index contributed by atoms with van der Waals surface area (Å²) in [6, 6.07) is 8.27. The van der Waals surface area contributed by atoms with Crippen LogP contribution in [0.15, 0.2) is 57.9 Å². The molecule has 2 N–H and O–H groups in total. The summed E-state index contributed by atoms with van der Waals surface area (Å²) in [5.74, 6) is -1.90. The molecule has 0 bridgehead atoms. The van der Waals surface area contributed by atoms with E-state index in [9.17, 15) is 17.2 Å². The lowest BCUT2D eigenvalue weighted by Gasteiger charge is -2.26. The molecular formula is C19H16F2N4O2S2. The number of hydrogen-bond acceptors (Lipinski definition) is 5. The van der Waals surface area contributed by atoms with Crippen LogP contribution in [0.2, 0.25) is 0 Å². The van der Waals surface area contributed by atoms with E-state index in [1.807, 2.05) is 0 Å². The number of rotatable bonds is 4. The van der Waals surface area contributed by atoms with Gasteiger partial charge in [-0.2, -0.15) is 0 Å². The van der Waals surface area contributed by atoms with Crippen molar-refractivity contribution >= 4 is 33.0 Å². The molecule has 0 saturated carbocycles. The largest absolute Gasteiger partial charge is 0.324 e. The van der Waals surface area contributed by atoms with Crippen LogP contribution >= 0.6 is 11.3 Å². The smallest absolute Gasteiger partial charge is 0.266 e. The van der Waals surface area contributed by atoms with E-state index in [2.05, 4.69) is 20.0 Å². The molecule has 0 aliphatic carbocycles. The Morgan fingerprint density at radius 2 is 1.97 bits per heavy atom. The minimum absolute atomic E-state index is 0.0414. The molecule has 1 atom stereocenters. The van der Waals surface area contributed by atoms with Gasteiger partial charge in [-0.1, -0.05) is 25.1 Å². The van der Waals surface area contributed by atoms with Crippen molar-refractivity contribution in [1.82, 2.24) is 9.71 Å². The Bertz CT molecular complexity index is 1190. The number of anilines is 1. The zero-order valence-electron chi connectivity index (χ0n) is 15.2. The van der Waals surface area contributed by atoms with Crippen LogP contribution < -0.4 is 10.0 Å². The zero-order chi connectivity index (χ0) is 20.6. The maximum atomic E-state index is 14.8. The monoisotopic (exact) mass is 434 g/mol. The third kappa shape index (κ3) is 3.73. The molecule has 4 rings (SSSR count). The van der Waals surface area contributed by atoms with Crippen LogP contribution in [0.25, 0.3) is 0 Å². The van der Waals surface area contributed by atoms with Crippen molar-refractivity contribution < 1.29 is 17.2 Å². The third-order valence-electron chi connectivity index (χ3n) is 4.58. The van der Waals surface area contributed by atoms with Crippen molar-refractivity contribution in [2.24, 2.45) is 4.99 Å². The van der Waals surface area contributed by atoms with E-state index >= 15 is 0 Å².